The lowest BCUT2D eigenvalue weighted by Gasteiger charge is -2.25. The second kappa shape index (κ2) is 8.73. The predicted octanol–water partition coefficient (Wildman–Crippen LogP) is 5.13. The van der Waals surface area contributed by atoms with Crippen molar-refractivity contribution in [3.8, 4) is 5.75 Å². The van der Waals surface area contributed by atoms with Gasteiger partial charge in [0.05, 0.1) is 5.69 Å². The van der Waals surface area contributed by atoms with E-state index < -0.39 is 11.6 Å². The van der Waals surface area contributed by atoms with E-state index in [2.05, 4.69) is 9.88 Å². The van der Waals surface area contributed by atoms with Crippen molar-refractivity contribution >= 4 is 0 Å². The van der Waals surface area contributed by atoms with Crippen LogP contribution in [0.3, 0.4) is 0 Å². The monoisotopic (exact) mass is 368 g/mol. The van der Waals surface area contributed by atoms with Crippen LogP contribution >= 0.6 is 0 Å². The quantitative estimate of drug-likeness (QED) is 0.578. The van der Waals surface area contributed by atoms with Crippen molar-refractivity contribution in [1.29, 1.82) is 0 Å². The van der Waals surface area contributed by atoms with Gasteiger partial charge in [-0.25, -0.2) is 8.78 Å². The Morgan fingerprint density at radius 2 is 1.78 bits per heavy atom. The molecule has 2 aromatic carbocycles. The van der Waals surface area contributed by atoms with Gasteiger partial charge in [0.25, 0.3) is 0 Å². The Labute approximate surface area is 158 Å². The van der Waals surface area contributed by atoms with Crippen molar-refractivity contribution in [2.75, 3.05) is 7.05 Å². The maximum atomic E-state index is 13.5. The number of pyridine rings is 1. The molecule has 3 aromatic rings. The first-order chi connectivity index (χ1) is 13.0. The van der Waals surface area contributed by atoms with Crippen molar-refractivity contribution < 1.29 is 13.5 Å². The summed E-state index contributed by atoms with van der Waals surface area (Å²) < 4.78 is 32.3. The third kappa shape index (κ3) is 5.11. The lowest BCUT2D eigenvalue weighted by atomic mass is 10.1. The molecular formula is C22H22F2N2O. The Kier molecular flexibility index (Phi) is 6.14. The van der Waals surface area contributed by atoms with Crippen LogP contribution in [-0.2, 0) is 13.2 Å². The van der Waals surface area contributed by atoms with Gasteiger partial charge in [0.15, 0.2) is 11.6 Å². The van der Waals surface area contributed by atoms with E-state index in [1.165, 1.54) is 12.1 Å². The summed E-state index contributed by atoms with van der Waals surface area (Å²) in [5.74, 6) is -0.863. The molecule has 140 valence electrons. The molecule has 0 amide bonds. The number of hydrogen-bond donors (Lipinski definition) is 0. The highest BCUT2D eigenvalue weighted by Gasteiger charge is 2.14. The molecule has 1 heterocycles. The second-order valence-electron chi connectivity index (χ2n) is 6.52. The summed E-state index contributed by atoms with van der Waals surface area (Å²) in [6.45, 7) is 3.07. The minimum absolute atomic E-state index is 0.0415. The molecule has 0 fully saturated rings. The van der Waals surface area contributed by atoms with Gasteiger partial charge in [0.2, 0.25) is 0 Å². The first kappa shape index (κ1) is 19.0. The van der Waals surface area contributed by atoms with Crippen molar-refractivity contribution in [3.05, 3.63) is 95.3 Å². The molecule has 3 nitrogen and oxygen atoms in total. The molecule has 5 heteroatoms. The zero-order chi connectivity index (χ0) is 19.2. The van der Waals surface area contributed by atoms with Gasteiger partial charge in [-0.15, -0.1) is 0 Å². The zero-order valence-corrected chi connectivity index (χ0v) is 15.4. The van der Waals surface area contributed by atoms with Crippen LogP contribution in [0.5, 0.6) is 5.75 Å². The van der Waals surface area contributed by atoms with Crippen LogP contribution in [-0.4, -0.2) is 16.9 Å². The van der Waals surface area contributed by atoms with Gasteiger partial charge in [-0.2, -0.15) is 0 Å². The van der Waals surface area contributed by atoms with Gasteiger partial charge in [-0.05, 0) is 61.5 Å². The first-order valence-corrected chi connectivity index (χ1v) is 8.80. The fourth-order valence-corrected chi connectivity index (χ4v) is 2.78. The van der Waals surface area contributed by atoms with Crippen LogP contribution in [0.15, 0.2) is 66.9 Å². The van der Waals surface area contributed by atoms with Crippen LogP contribution in [0.25, 0.3) is 0 Å². The Morgan fingerprint density at radius 1 is 1.00 bits per heavy atom. The number of rotatable bonds is 7. The Balaban J connectivity index is 1.57. The Hall–Kier alpha value is -2.79. The molecule has 0 aliphatic heterocycles. The van der Waals surface area contributed by atoms with E-state index >= 15 is 0 Å². The van der Waals surface area contributed by atoms with Gasteiger partial charge in [0, 0.05) is 18.8 Å². The lowest BCUT2D eigenvalue weighted by Crippen LogP contribution is -2.22. The molecule has 0 N–H and O–H groups in total. The fraction of sp³-hybridized carbons (Fsp3) is 0.227. The molecule has 3 rings (SSSR count). The number of aromatic nitrogens is 1. The highest BCUT2D eigenvalue weighted by atomic mass is 19.2. The van der Waals surface area contributed by atoms with Crippen LogP contribution < -0.4 is 4.74 Å². The van der Waals surface area contributed by atoms with Crippen molar-refractivity contribution in [3.63, 3.8) is 0 Å². The molecule has 1 aromatic heterocycles. The van der Waals surface area contributed by atoms with Crippen molar-refractivity contribution in [2.45, 2.75) is 26.1 Å². The van der Waals surface area contributed by atoms with E-state index in [1.54, 1.807) is 12.3 Å². The minimum Gasteiger partial charge on any atom is -0.487 e. The maximum absolute atomic E-state index is 13.5. The third-order valence-electron chi connectivity index (χ3n) is 4.56. The van der Waals surface area contributed by atoms with Gasteiger partial charge in [0.1, 0.15) is 12.4 Å². The molecule has 0 bridgehead atoms. The van der Waals surface area contributed by atoms with Crippen molar-refractivity contribution in [1.82, 2.24) is 9.88 Å². The highest BCUT2D eigenvalue weighted by molar-refractivity contribution is 5.28. The average Bonchev–Trinajstić information content (AvgIpc) is 2.69. The predicted molar refractivity (Wildman–Crippen MR) is 101 cm³/mol. The van der Waals surface area contributed by atoms with E-state index in [0.717, 1.165) is 22.6 Å². The third-order valence-corrected chi connectivity index (χ3v) is 4.56. The molecule has 0 radical (unpaired) electrons. The van der Waals surface area contributed by atoms with E-state index in [9.17, 15) is 8.78 Å². The molecule has 27 heavy (non-hydrogen) atoms. The second-order valence-corrected chi connectivity index (χ2v) is 6.52. The molecule has 1 atom stereocenters. The molecule has 0 aliphatic carbocycles. The molecular weight excluding hydrogens is 346 g/mol. The summed E-state index contributed by atoms with van der Waals surface area (Å²) in [5.41, 5.74) is 2.73. The normalized spacial score (nSPS) is 12.2. The minimum atomic E-state index is -0.824. The largest absolute Gasteiger partial charge is 0.487 e. The summed E-state index contributed by atoms with van der Waals surface area (Å²) in [7, 11) is 1.96. The average molecular weight is 368 g/mol. The van der Waals surface area contributed by atoms with Crippen LogP contribution in [0.2, 0.25) is 0 Å². The molecule has 0 saturated carbocycles. The first-order valence-electron chi connectivity index (χ1n) is 8.80. The van der Waals surface area contributed by atoms with E-state index in [4.69, 9.17) is 4.74 Å². The highest BCUT2D eigenvalue weighted by Crippen LogP contribution is 2.23. The SMILES string of the molecule is CC(c1ccc(F)c(F)c1)N(C)Cc1ccc(OCc2ccccn2)cc1. The van der Waals surface area contributed by atoms with Gasteiger partial charge < -0.3 is 4.74 Å². The molecule has 0 spiro atoms. The van der Waals surface area contributed by atoms with Crippen molar-refractivity contribution in [2.24, 2.45) is 0 Å². The van der Waals surface area contributed by atoms with Crippen LogP contribution in [0, 0.1) is 11.6 Å². The fourth-order valence-electron chi connectivity index (χ4n) is 2.78. The number of hydrogen-bond acceptors (Lipinski definition) is 3. The number of benzene rings is 2. The zero-order valence-electron chi connectivity index (χ0n) is 15.4. The number of nitrogens with zero attached hydrogens (tertiary/aromatic N) is 2. The summed E-state index contributed by atoms with van der Waals surface area (Å²) in [6, 6.07) is 17.6. The van der Waals surface area contributed by atoms with E-state index in [0.29, 0.717) is 13.2 Å². The standard InChI is InChI=1S/C22H22F2N2O/c1-16(18-8-11-21(23)22(24)13-18)26(2)14-17-6-9-20(10-7-17)27-15-19-5-3-4-12-25-19/h3-13,16H,14-15H2,1-2H3. The smallest absolute Gasteiger partial charge is 0.159 e. The summed E-state index contributed by atoms with van der Waals surface area (Å²) in [4.78, 5) is 6.31. The van der Waals surface area contributed by atoms with Crippen LogP contribution in [0.1, 0.15) is 29.8 Å². The summed E-state index contributed by atoms with van der Waals surface area (Å²) in [6.07, 6.45) is 1.74. The van der Waals surface area contributed by atoms with E-state index in [1.807, 2.05) is 56.4 Å². The molecule has 0 saturated heterocycles. The van der Waals surface area contributed by atoms with Gasteiger partial charge in [-0.3, -0.25) is 9.88 Å². The molecule has 1 unspecified atom stereocenters. The summed E-state index contributed by atoms with van der Waals surface area (Å²) >= 11 is 0. The number of halogens is 2. The topological polar surface area (TPSA) is 25.4 Å². The number of ether oxygens (including phenoxy) is 1. The maximum Gasteiger partial charge on any atom is 0.159 e. The Bertz CT molecular complexity index is 869. The Morgan fingerprint density at radius 3 is 2.44 bits per heavy atom. The van der Waals surface area contributed by atoms with Gasteiger partial charge in [-0.1, -0.05) is 24.3 Å². The van der Waals surface area contributed by atoms with E-state index in [-0.39, 0.29) is 6.04 Å². The molecule has 0 aliphatic rings. The summed E-state index contributed by atoms with van der Waals surface area (Å²) in [5, 5.41) is 0. The van der Waals surface area contributed by atoms with Gasteiger partial charge >= 0.3 is 0 Å². The lowest BCUT2D eigenvalue weighted by molar-refractivity contribution is 0.252. The van der Waals surface area contributed by atoms with Crippen LogP contribution in [0.4, 0.5) is 8.78 Å².